The summed E-state index contributed by atoms with van der Waals surface area (Å²) in [6, 6.07) is 5.75. The van der Waals surface area contributed by atoms with Crippen molar-refractivity contribution in [2.45, 2.75) is 62.3 Å². The quantitative estimate of drug-likeness (QED) is 0.447. The fourth-order valence-corrected chi connectivity index (χ4v) is 5.25. The van der Waals surface area contributed by atoms with Gasteiger partial charge in [-0.1, -0.05) is 32.5 Å². The normalized spacial score (nSPS) is 24.8. The lowest BCUT2D eigenvalue weighted by atomic mass is 9.70. The van der Waals surface area contributed by atoms with E-state index < -0.39 is 10.2 Å². The van der Waals surface area contributed by atoms with Crippen LogP contribution in [-0.4, -0.2) is 31.3 Å². The number of rotatable bonds is 5. The Morgan fingerprint density at radius 3 is 2.62 bits per heavy atom. The second kappa shape index (κ2) is 6.76. The summed E-state index contributed by atoms with van der Waals surface area (Å²) in [6.07, 6.45) is 2.21. The molecule has 1 N–H and O–H groups in total. The Bertz CT molecular complexity index is 994. The van der Waals surface area contributed by atoms with Crippen molar-refractivity contribution in [1.82, 2.24) is 15.2 Å². The van der Waals surface area contributed by atoms with Crippen LogP contribution in [0.15, 0.2) is 29.4 Å². The highest BCUT2D eigenvalue weighted by Gasteiger charge is 2.61. The number of nitrogens with zero attached hydrogens (tertiary/aromatic N) is 4. The monoisotopic (exact) mass is 413 g/mol. The lowest BCUT2D eigenvalue weighted by Gasteiger charge is -2.34. The number of non-ortho nitro benzene ring substituents is 1. The largest absolute Gasteiger partial charge is 0.325 e. The molecule has 4 rings (SSSR count). The minimum absolute atomic E-state index is 0.0114. The summed E-state index contributed by atoms with van der Waals surface area (Å²) in [5.41, 5.74) is 2.62. The van der Waals surface area contributed by atoms with Crippen molar-refractivity contribution >= 4 is 29.0 Å². The maximum Gasteiger partial charge on any atom is 0.269 e. The van der Waals surface area contributed by atoms with E-state index in [-0.39, 0.29) is 22.4 Å². The van der Waals surface area contributed by atoms with Crippen molar-refractivity contribution in [2.24, 2.45) is 5.41 Å². The summed E-state index contributed by atoms with van der Waals surface area (Å²) >= 11 is 1.27. The lowest BCUT2D eigenvalue weighted by Crippen LogP contribution is -2.32. The topological polar surface area (TPSA) is 111 Å². The van der Waals surface area contributed by atoms with Crippen molar-refractivity contribution in [3.05, 3.63) is 45.8 Å². The minimum atomic E-state index is -0.475. The molecular formula is C20H23N5O3S. The number of nitrogens with one attached hydrogen (secondary N) is 1. The zero-order valence-corrected chi connectivity index (χ0v) is 17.6. The number of hydrogen-bond donors (Lipinski definition) is 1. The van der Waals surface area contributed by atoms with E-state index in [1.54, 1.807) is 6.92 Å². The Kier molecular flexibility index (Phi) is 4.60. The SMILES string of the molecule is CC(Sc1nnc2c(n1)C1(C)CCC2C1(C)C)C(=O)Nc1ccc([N+](=O)[O-])cc1. The number of carbonyl (C=O) groups excluding carboxylic acids is 1. The number of fused-ring (bicyclic) bond motifs is 5. The second-order valence-corrected chi connectivity index (χ2v) is 9.83. The van der Waals surface area contributed by atoms with Gasteiger partial charge in [0, 0.05) is 29.2 Å². The van der Waals surface area contributed by atoms with Gasteiger partial charge in [0.2, 0.25) is 11.1 Å². The molecule has 8 nitrogen and oxygen atoms in total. The molecule has 29 heavy (non-hydrogen) atoms. The predicted octanol–water partition coefficient (Wildman–Crippen LogP) is 4.07. The standard InChI is InChI=1S/C20H23N5O3S/c1-11(17(26)21-12-5-7-13(8-6-12)25(27)28)29-18-22-16-15(23-24-18)14-9-10-20(16,4)19(14,2)3/h5-8,11,14H,9-10H2,1-4H3,(H,21,26). The smallest absolute Gasteiger partial charge is 0.269 e. The van der Waals surface area contributed by atoms with Gasteiger partial charge in [-0.25, -0.2) is 4.98 Å². The highest BCUT2D eigenvalue weighted by molar-refractivity contribution is 8.00. The van der Waals surface area contributed by atoms with E-state index >= 15 is 0 Å². The number of benzene rings is 1. The fourth-order valence-electron chi connectivity index (χ4n) is 4.53. The van der Waals surface area contributed by atoms with Crippen molar-refractivity contribution in [2.75, 3.05) is 5.32 Å². The lowest BCUT2D eigenvalue weighted by molar-refractivity contribution is -0.384. The molecule has 2 aromatic rings. The fraction of sp³-hybridized carbons (Fsp3) is 0.500. The molecular weight excluding hydrogens is 390 g/mol. The predicted molar refractivity (Wildman–Crippen MR) is 110 cm³/mol. The molecule has 2 aliphatic carbocycles. The zero-order valence-electron chi connectivity index (χ0n) is 16.8. The van der Waals surface area contributed by atoms with Crippen LogP contribution in [0.25, 0.3) is 0 Å². The Morgan fingerprint density at radius 1 is 1.28 bits per heavy atom. The third-order valence-electron chi connectivity index (χ3n) is 6.77. The zero-order chi connectivity index (χ0) is 21.0. The first-order chi connectivity index (χ1) is 13.6. The summed E-state index contributed by atoms with van der Waals surface area (Å²) in [4.78, 5) is 27.6. The van der Waals surface area contributed by atoms with Crippen LogP contribution < -0.4 is 5.32 Å². The number of thioether (sulfide) groups is 1. The van der Waals surface area contributed by atoms with Crippen LogP contribution in [0.5, 0.6) is 0 Å². The van der Waals surface area contributed by atoms with Crippen molar-refractivity contribution in [1.29, 1.82) is 0 Å². The van der Waals surface area contributed by atoms with Gasteiger partial charge < -0.3 is 5.32 Å². The number of carbonyl (C=O) groups is 1. The maximum atomic E-state index is 12.5. The van der Waals surface area contributed by atoms with E-state index in [9.17, 15) is 14.9 Å². The van der Waals surface area contributed by atoms with Crippen molar-refractivity contribution in [3.8, 4) is 0 Å². The molecule has 1 fully saturated rings. The Labute approximate surface area is 173 Å². The van der Waals surface area contributed by atoms with Gasteiger partial charge in [0.1, 0.15) is 0 Å². The van der Waals surface area contributed by atoms with E-state index in [0.29, 0.717) is 16.8 Å². The Hall–Kier alpha value is -2.55. The van der Waals surface area contributed by atoms with Gasteiger partial charge >= 0.3 is 0 Å². The molecule has 0 aliphatic heterocycles. The number of nitro groups is 1. The summed E-state index contributed by atoms with van der Waals surface area (Å²) in [5.74, 6) is 0.172. The van der Waals surface area contributed by atoms with E-state index in [1.165, 1.54) is 36.0 Å². The summed E-state index contributed by atoms with van der Waals surface area (Å²) in [5, 5.41) is 22.3. The van der Waals surface area contributed by atoms with Gasteiger partial charge in [-0.15, -0.1) is 5.10 Å². The van der Waals surface area contributed by atoms with Crippen molar-refractivity contribution in [3.63, 3.8) is 0 Å². The molecule has 1 aromatic heterocycles. The maximum absolute atomic E-state index is 12.5. The molecule has 1 amide bonds. The van der Waals surface area contributed by atoms with Crippen LogP contribution in [0.2, 0.25) is 0 Å². The molecule has 0 saturated heterocycles. The van der Waals surface area contributed by atoms with E-state index in [2.05, 4.69) is 36.3 Å². The van der Waals surface area contributed by atoms with Gasteiger partial charge in [-0.2, -0.15) is 5.10 Å². The molecule has 3 atom stereocenters. The number of amides is 1. The molecule has 9 heteroatoms. The summed E-state index contributed by atoms with van der Waals surface area (Å²) in [7, 11) is 0. The van der Waals surface area contributed by atoms with Crippen LogP contribution in [0, 0.1) is 15.5 Å². The molecule has 1 saturated carbocycles. The van der Waals surface area contributed by atoms with Crippen LogP contribution in [0.3, 0.4) is 0 Å². The molecule has 152 valence electrons. The van der Waals surface area contributed by atoms with E-state index in [4.69, 9.17) is 4.98 Å². The number of aromatic nitrogens is 3. The minimum Gasteiger partial charge on any atom is -0.325 e. The van der Waals surface area contributed by atoms with Crippen molar-refractivity contribution < 1.29 is 9.72 Å². The van der Waals surface area contributed by atoms with Gasteiger partial charge in [0.15, 0.2) is 0 Å². The highest BCUT2D eigenvalue weighted by atomic mass is 32.2. The van der Waals surface area contributed by atoms with Gasteiger partial charge in [-0.3, -0.25) is 14.9 Å². The molecule has 0 radical (unpaired) electrons. The van der Waals surface area contributed by atoms with Crippen LogP contribution in [0.4, 0.5) is 11.4 Å². The first-order valence-electron chi connectivity index (χ1n) is 9.60. The second-order valence-electron chi connectivity index (χ2n) is 8.53. The molecule has 0 spiro atoms. The Balaban J connectivity index is 1.46. The summed E-state index contributed by atoms with van der Waals surface area (Å²) in [6.45, 7) is 8.59. The van der Waals surface area contributed by atoms with Crippen LogP contribution >= 0.6 is 11.8 Å². The third kappa shape index (κ3) is 3.08. The molecule has 1 aromatic carbocycles. The highest BCUT2D eigenvalue weighted by Crippen LogP contribution is 2.66. The first kappa shape index (κ1) is 19.8. The number of anilines is 1. The van der Waals surface area contributed by atoms with E-state index in [1.807, 2.05) is 0 Å². The third-order valence-corrected chi connectivity index (χ3v) is 7.72. The molecule has 2 aliphatic rings. The van der Waals surface area contributed by atoms with E-state index in [0.717, 1.165) is 24.2 Å². The van der Waals surface area contributed by atoms with Crippen LogP contribution in [-0.2, 0) is 10.2 Å². The average Bonchev–Trinajstić information content (AvgIpc) is 3.01. The molecule has 2 bridgehead atoms. The Morgan fingerprint density at radius 2 is 1.97 bits per heavy atom. The van der Waals surface area contributed by atoms with Gasteiger partial charge in [0.05, 0.1) is 21.6 Å². The summed E-state index contributed by atoms with van der Waals surface area (Å²) < 4.78 is 0. The van der Waals surface area contributed by atoms with Gasteiger partial charge in [-0.05, 0) is 37.3 Å². The molecule has 3 unspecified atom stereocenters. The van der Waals surface area contributed by atoms with Gasteiger partial charge in [0.25, 0.3) is 5.69 Å². The first-order valence-corrected chi connectivity index (χ1v) is 10.5. The average molecular weight is 414 g/mol. The van der Waals surface area contributed by atoms with Crippen LogP contribution in [0.1, 0.15) is 57.8 Å². The molecule has 1 heterocycles. The number of hydrogen-bond acceptors (Lipinski definition) is 7. The number of nitro benzene ring substituents is 1.